The van der Waals surface area contributed by atoms with Crippen LogP contribution in [0.4, 0.5) is 5.69 Å². The van der Waals surface area contributed by atoms with Crippen molar-refractivity contribution in [1.82, 2.24) is 20.2 Å². The Hall–Kier alpha value is -2.21. The lowest BCUT2D eigenvalue weighted by Gasteiger charge is -2.11. The number of aryl methyl sites for hydroxylation is 2. The number of nitrogen functional groups attached to an aromatic ring is 1. The Morgan fingerprint density at radius 1 is 1.10 bits per heavy atom. The summed E-state index contributed by atoms with van der Waals surface area (Å²) in [5.41, 5.74) is 10.6. The van der Waals surface area contributed by atoms with Crippen LogP contribution in [0.2, 0.25) is 0 Å². The predicted octanol–water partition coefficient (Wildman–Crippen LogP) is 3.29. The summed E-state index contributed by atoms with van der Waals surface area (Å²) in [6, 6.07) is 11.7. The van der Waals surface area contributed by atoms with Crippen LogP contribution in [0.25, 0.3) is 17.1 Å². The lowest BCUT2D eigenvalue weighted by molar-refractivity contribution is 0.784. The van der Waals surface area contributed by atoms with Crippen LogP contribution in [0.15, 0.2) is 40.9 Å². The number of anilines is 1. The van der Waals surface area contributed by atoms with E-state index in [1.165, 1.54) is 5.56 Å². The Labute approximate surface area is 130 Å². The number of aromatic nitrogens is 4. The molecule has 3 rings (SSSR count). The predicted molar refractivity (Wildman–Crippen MR) is 86.2 cm³/mol. The van der Waals surface area contributed by atoms with Gasteiger partial charge in [-0.2, -0.15) is 4.68 Å². The molecule has 2 N–H and O–H groups in total. The quantitative estimate of drug-likeness (QED) is 0.725. The molecule has 0 saturated heterocycles. The van der Waals surface area contributed by atoms with E-state index in [1.54, 1.807) is 4.68 Å². The van der Waals surface area contributed by atoms with Gasteiger partial charge < -0.3 is 5.73 Å². The molecule has 0 spiro atoms. The third-order valence-electron chi connectivity index (χ3n) is 3.25. The normalized spacial score (nSPS) is 10.8. The molecule has 0 bridgehead atoms. The van der Waals surface area contributed by atoms with Gasteiger partial charge in [-0.05, 0) is 81.7 Å². The Morgan fingerprint density at radius 3 is 2.48 bits per heavy atom. The summed E-state index contributed by atoms with van der Waals surface area (Å²) < 4.78 is 2.70. The highest BCUT2D eigenvalue weighted by molar-refractivity contribution is 9.10. The third-order valence-corrected chi connectivity index (χ3v) is 3.85. The molecule has 0 aliphatic carbocycles. The van der Waals surface area contributed by atoms with Crippen LogP contribution in [0.1, 0.15) is 11.1 Å². The third kappa shape index (κ3) is 2.54. The van der Waals surface area contributed by atoms with Crippen LogP contribution >= 0.6 is 15.9 Å². The van der Waals surface area contributed by atoms with Gasteiger partial charge in [-0.15, -0.1) is 5.10 Å². The molecule has 0 fully saturated rings. The molecule has 106 valence electrons. The van der Waals surface area contributed by atoms with Crippen molar-refractivity contribution in [2.45, 2.75) is 13.8 Å². The van der Waals surface area contributed by atoms with E-state index in [0.29, 0.717) is 11.5 Å². The minimum Gasteiger partial charge on any atom is -0.399 e. The maximum absolute atomic E-state index is 5.73. The zero-order valence-electron chi connectivity index (χ0n) is 11.7. The van der Waals surface area contributed by atoms with Gasteiger partial charge in [-0.3, -0.25) is 0 Å². The van der Waals surface area contributed by atoms with Gasteiger partial charge in [0.1, 0.15) is 0 Å². The van der Waals surface area contributed by atoms with Crippen molar-refractivity contribution in [3.63, 3.8) is 0 Å². The topological polar surface area (TPSA) is 69.6 Å². The maximum Gasteiger partial charge on any atom is 0.187 e. The molecule has 0 atom stereocenters. The molecule has 5 nitrogen and oxygen atoms in total. The highest BCUT2D eigenvalue weighted by Crippen LogP contribution is 2.29. The molecule has 3 aromatic rings. The van der Waals surface area contributed by atoms with Crippen molar-refractivity contribution < 1.29 is 0 Å². The molecular formula is C15H14BrN5. The Balaban J connectivity index is 2.18. The number of hydrogen-bond donors (Lipinski definition) is 1. The van der Waals surface area contributed by atoms with Crippen LogP contribution in [0.3, 0.4) is 0 Å². The minimum atomic E-state index is 0.683. The van der Waals surface area contributed by atoms with Crippen molar-refractivity contribution in [2.24, 2.45) is 0 Å². The van der Waals surface area contributed by atoms with Gasteiger partial charge in [0.2, 0.25) is 0 Å². The van der Waals surface area contributed by atoms with Crippen LogP contribution in [-0.4, -0.2) is 20.2 Å². The molecule has 0 amide bonds. The van der Waals surface area contributed by atoms with Crippen LogP contribution in [-0.2, 0) is 0 Å². The smallest absolute Gasteiger partial charge is 0.187 e. The fraction of sp³-hybridized carbons (Fsp3) is 0.133. The second-order valence-electron chi connectivity index (χ2n) is 4.95. The van der Waals surface area contributed by atoms with E-state index < -0.39 is 0 Å². The molecule has 1 aromatic heterocycles. The van der Waals surface area contributed by atoms with E-state index in [1.807, 2.05) is 31.2 Å². The number of hydrogen-bond acceptors (Lipinski definition) is 4. The van der Waals surface area contributed by atoms with E-state index in [-0.39, 0.29) is 0 Å². The second kappa shape index (κ2) is 5.29. The number of tetrazole rings is 1. The summed E-state index contributed by atoms with van der Waals surface area (Å²) in [4.78, 5) is 0. The molecule has 0 saturated carbocycles. The highest BCUT2D eigenvalue weighted by atomic mass is 79.9. The standard InChI is InChI=1S/C15H14BrN5/c1-9-7-10(2)14(13(16)8-9)21-15(18-19-20-21)11-3-5-12(17)6-4-11/h3-8H,17H2,1-2H3. The van der Waals surface area contributed by atoms with E-state index in [9.17, 15) is 0 Å². The van der Waals surface area contributed by atoms with Crippen molar-refractivity contribution in [3.8, 4) is 17.1 Å². The number of rotatable bonds is 2. The van der Waals surface area contributed by atoms with Gasteiger partial charge in [-0.1, -0.05) is 6.07 Å². The first-order valence-corrected chi connectivity index (χ1v) is 7.27. The Morgan fingerprint density at radius 2 is 1.81 bits per heavy atom. The molecule has 2 aromatic carbocycles. The van der Waals surface area contributed by atoms with Gasteiger partial charge >= 0.3 is 0 Å². The highest BCUT2D eigenvalue weighted by Gasteiger charge is 2.15. The number of nitrogens with zero attached hydrogens (tertiary/aromatic N) is 4. The zero-order valence-corrected chi connectivity index (χ0v) is 13.3. The molecule has 0 radical (unpaired) electrons. The number of nitrogens with two attached hydrogens (primary N) is 1. The van der Waals surface area contributed by atoms with Crippen molar-refractivity contribution in [2.75, 3.05) is 5.73 Å². The lowest BCUT2D eigenvalue weighted by atomic mass is 10.1. The van der Waals surface area contributed by atoms with Crippen LogP contribution in [0.5, 0.6) is 0 Å². The monoisotopic (exact) mass is 343 g/mol. The van der Waals surface area contributed by atoms with Gasteiger partial charge in [0.15, 0.2) is 5.82 Å². The minimum absolute atomic E-state index is 0.683. The Kier molecular flexibility index (Phi) is 3.47. The average molecular weight is 344 g/mol. The summed E-state index contributed by atoms with van der Waals surface area (Å²) in [6.07, 6.45) is 0. The fourth-order valence-electron chi connectivity index (χ4n) is 2.33. The van der Waals surface area contributed by atoms with E-state index in [0.717, 1.165) is 21.3 Å². The molecule has 0 aliphatic rings. The van der Waals surface area contributed by atoms with Gasteiger partial charge in [0, 0.05) is 15.7 Å². The maximum atomic E-state index is 5.73. The van der Waals surface area contributed by atoms with Crippen molar-refractivity contribution >= 4 is 21.6 Å². The summed E-state index contributed by atoms with van der Waals surface area (Å²) in [6.45, 7) is 4.10. The second-order valence-corrected chi connectivity index (χ2v) is 5.80. The van der Waals surface area contributed by atoms with Gasteiger partial charge in [-0.25, -0.2) is 0 Å². The first-order valence-electron chi connectivity index (χ1n) is 6.47. The van der Waals surface area contributed by atoms with Crippen LogP contribution in [0, 0.1) is 13.8 Å². The van der Waals surface area contributed by atoms with Gasteiger partial charge in [0.25, 0.3) is 0 Å². The summed E-state index contributed by atoms with van der Waals surface area (Å²) in [5, 5.41) is 12.1. The van der Waals surface area contributed by atoms with E-state index in [4.69, 9.17) is 5.73 Å². The summed E-state index contributed by atoms with van der Waals surface area (Å²) in [7, 11) is 0. The molecule has 1 heterocycles. The SMILES string of the molecule is Cc1cc(C)c(-n2nnnc2-c2ccc(N)cc2)c(Br)c1. The first kappa shape index (κ1) is 13.8. The van der Waals surface area contributed by atoms with E-state index in [2.05, 4.69) is 50.5 Å². The molecule has 6 heteroatoms. The van der Waals surface area contributed by atoms with Crippen LogP contribution < -0.4 is 5.73 Å². The molecule has 0 unspecified atom stereocenters. The fourth-order valence-corrected chi connectivity index (χ4v) is 3.17. The van der Waals surface area contributed by atoms with Gasteiger partial charge in [0.05, 0.1) is 5.69 Å². The van der Waals surface area contributed by atoms with Crippen molar-refractivity contribution in [1.29, 1.82) is 0 Å². The van der Waals surface area contributed by atoms with Crippen molar-refractivity contribution in [3.05, 3.63) is 52.0 Å². The summed E-state index contributed by atoms with van der Waals surface area (Å²) >= 11 is 3.60. The molecule has 21 heavy (non-hydrogen) atoms. The molecular weight excluding hydrogens is 330 g/mol. The number of halogens is 1. The van der Waals surface area contributed by atoms with E-state index >= 15 is 0 Å². The Bertz CT molecular complexity index is 769. The summed E-state index contributed by atoms with van der Waals surface area (Å²) in [5.74, 6) is 0.683. The largest absolute Gasteiger partial charge is 0.399 e. The average Bonchev–Trinajstić information content (AvgIpc) is 2.87. The molecule has 0 aliphatic heterocycles. The zero-order chi connectivity index (χ0) is 15.0. The lowest BCUT2D eigenvalue weighted by Crippen LogP contribution is -2.04. The number of benzene rings is 2. The first-order chi connectivity index (χ1) is 10.1.